The van der Waals surface area contributed by atoms with Crippen molar-refractivity contribution in [3.8, 4) is 5.75 Å². The second-order valence-corrected chi connectivity index (χ2v) is 7.45. The Morgan fingerprint density at radius 1 is 1.15 bits per heavy atom. The number of aliphatic carboxylic acids is 1. The van der Waals surface area contributed by atoms with Gasteiger partial charge in [0.25, 0.3) is 0 Å². The van der Waals surface area contributed by atoms with E-state index in [9.17, 15) is 14.7 Å². The lowest BCUT2D eigenvalue weighted by molar-refractivity contribution is -0.142. The number of carbonyl (C=O) groups excluding carboxylic acids is 1. The third kappa shape index (κ3) is 4.48. The van der Waals surface area contributed by atoms with E-state index in [1.54, 1.807) is 55.5 Å². The molecule has 2 atom stereocenters. The molecule has 1 fully saturated rings. The second kappa shape index (κ2) is 8.53. The zero-order valence-electron chi connectivity index (χ0n) is 15.8. The molecule has 1 saturated heterocycles. The molecule has 1 N–H and O–H groups in total. The van der Waals surface area contributed by atoms with Gasteiger partial charge in [-0.3, -0.25) is 14.5 Å². The number of carbonyl (C=O) groups is 2. The van der Waals surface area contributed by atoms with Crippen LogP contribution in [0.3, 0.4) is 0 Å². The van der Waals surface area contributed by atoms with Gasteiger partial charge in [0.2, 0.25) is 0 Å². The zero-order valence-corrected chi connectivity index (χ0v) is 15.8. The highest BCUT2D eigenvalue weighted by atomic mass is 16.5. The molecular formula is C22H27NO4. The molecule has 144 valence electrons. The van der Waals surface area contributed by atoms with Crippen LogP contribution < -0.4 is 4.74 Å². The molecule has 27 heavy (non-hydrogen) atoms. The molecule has 1 aromatic rings. The van der Waals surface area contributed by atoms with E-state index >= 15 is 0 Å². The van der Waals surface area contributed by atoms with Crippen molar-refractivity contribution in [3.05, 3.63) is 54.1 Å². The van der Waals surface area contributed by atoms with Crippen LogP contribution in [0.15, 0.2) is 48.6 Å². The van der Waals surface area contributed by atoms with Gasteiger partial charge in [-0.15, -0.1) is 0 Å². The molecule has 5 nitrogen and oxygen atoms in total. The summed E-state index contributed by atoms with van der Waals surface area (Å²) < 4.78 is 5.80. The summed E-state index contributed by atoms with van der Waals surface area (Å²) in [5, 5.41) is 9.46. The number of rotatable bonds is 7. The lowest BCUT2D eigenvalue weighted by Crippen LogP contribution is -2.38. The average molecular weight is 369 g/mol. The molecular weight excluding hydrogens is 342 g/mol. The normalized spacial score (nSPS) is 25.3. The highest BCUT2D eigenvalue weighted by Crippen LogP contribution is 2.37. The summed E-state index contributed by atoms with van der Waals surface area (Å²) >= 11 is 0. The number of nitrogens with zero attached hydrogens (tertiary/aromatic N) is 1. The Hall–Kier alpha value is -2.40. The summed E-state index contributed by atoms with van der Waals surface area (Å²) in [6.45, 7) is 5.50. The Balaban J connectivity index is 1.60. The molecule has 0 saturated carbocycles. The van der Waals surface area contributed by atoms with Gasteiger partial charge in [0.05, 0.1) is 11.3 Å². The number of allylic oxidation sites excluding steroid dienone is 3. The predicted molar refractivity (Wildman–Crippen MR) is 104 cm³/mol. The fraction of sp³-hybridized carbons (Fsp3) is 0.455. The van der Waals surface area contributed by atoms with Gasteiger partial charge in [-0.25, -0.2) is 0 Å². The summed E-state index contributed by atoms with van der Waals surface area (Å²) in [6.07, 6.45) is 10.5. The molecule has 0 bridgehead atoms. The molecule has 1 aromatic carbocycles. The molecule has 2 unspecified atom stereocenters. The van der Waals surface area contributed by atoms with Gasteiger partial charge in [-0.1, -0.05) is 30.7 Å². The van der Waals surface area contributed by atoms with Crippen LogP contribution >= 0.6 is 0 Å². The monoisotopic (exact) mass is 369 g/mol. The summed E-state index contributed by atoms with van der Waals surface area (Å²) in [6, 6.07) is 7.00. The van der Waals surface area contributed by atoms with Crippen molar-refractivity contribution in [3.63, 3.8) is 0 Å². The number of benzene rings is 1. The van der Waals surface area contributed by atoms with Gasteiger partial charge in [0, 0.05) is 12.1 Å². The Morgan fingerprint density at radius 3 is 2.52 bits per heavy atom. The van der Waals surface area contributed by atoms with Crippen LogP contribution in [0.25, 0.3) is 0 Å². The van der Waals surface area contributed by atoms with Crippen LogP contribution in [-0.4, -0.2) is 48.0 Å². The first-order valence-electron chi connectivity index (χ1n) is 9.59. The molecule has 5 heteroatoms. The number of hydrogen-bond acceptors (Lipinski definition) is 4. The third-order valence-electron chi connectivity index (χ3n) is 5.50. The van der Waals surface area contributed by atoms with Gasteiger partial charge in [0.15, 0.2) is 5.78 Å². The van der Waals surface area contributed by atoms with E-state index in [1.165, 1.54) is 19.3 Å². The summed E-state index contributed by atoms with van der Waals surface area (Å²) in [7, 11) is 0. The number of carboxylic acid groups (broad SMARTS) is 1. The summed E-state index contributed by atoms with van der Waals surface area (Å²) in [5.41, 5.74) is -0.593. The van der Waals surface area contributed by atoms with Crippen molar-refractivity contribution >= 4 is 11.8 Å². The molecule has 0 radical (unpaired) electrons. The number of hydrogen-bond donors (Lipinski definition) is 1. The number of piperidine rings is 1. The van der Waals surface area contributed by atoms with E-state index in [2.05, 4.69) is 4.90 Å². The van der Waals surface area contributed by atoms with E-state index in [4.69, 9.17) is 4.74 Å². The van der Waals surface area contributed by atoms with Crippen LogP contribution in [0.4, 0.5) is 0 Å². The Kier molecular flexibility index (Phi) is 6.11. The van der Waals surface area contributed by atoms with Crippen molar-refractivity contribution in [2.24, 2.45) is 11.3 Å². The summed E-state index contributed by atoms with van der Waals surface area (Å²) in [5.74, 6) is -1.34. The van der Waals surface area contributed by atoms with E-state index in [-0.39, 0.29) is 5.78 Å². The molecule has 1 heterocycles. The van der Waals surface area contributed by atoms with Crippen molar-refractivity contribution in [2.45, 2.75) is 26.2 Å². The van der Waals surface area contributed by atoms with Gasteiger partial charge in [0.1, 0.15) is 12.4 Å². The maximum atomic E-state index is 13.0. The molecule has 0 amide bonds. The molecule has 3 rings (SSSR count). The topological polar surface area (TPSA) is 66.8 Å². The number of Topliss-reactive ketones (excluding diaryl/α,β-unsaturated/α-hetero) is 1. The van der Waals surface area contributed by atoms with Crippen molar-refractivity contribution in [1.29, 1.82) is 0 Å². The predicted octanol–water partition coefficient (Wildman–Crippen LogP) is 3.57. The molecule has 1 aliphatic heterocycles. The first-order valence-corrected chi connectivity index (χ1v) is 9.59. The molecule has 0 aromatic heterocycles. The van der Waals surface area contributed by atoms with Gasteiger partial charge in [-0.2, -0.15) is 0 Å². The smallest absolute Gasteiger partial charge is 0.311 e. The van der Waals surface area contributed by atoms with Crippen LogP contribution in [0.5, 0.6) is 5.75 Å². The Labute approximate surface area is 160 Å². The average Bonchev–Trinajstić information content (AvgIpc) is 2.69. The number of ether oxygens (including phenoxy) is 1. The highest BCUT2D eigenvalue weighted by molar-refractivity contribution is 6.04. The lowest BCUT2D eigenvalue weighted by Gasteiger charge is -2.31. The fourth-order valence-electron chi connectivity index (χ4n) is 3.78. The zero-order chi connectivity index (χ0) is 19.3. The number of likely N-dealkylation sites (tertiary alicyclic amines) is 1. The van der Waals surface area contributed by atoms with Crippen molar-refractivity contribution < 1.29 is 19.4 Å². The standard InChI is InChI=1S/C22H27NO4/c1-22(12-4-3-7-19(22)21(25)26)20(24)17-8-10-18(11-9-17)27-16-15-23-13-5-2-6-14-23/h3-4,7-12,19H,2,5-6,13-16H2,1H3,(H,25,26). The maximum absolute atomic E-state index is 13.0. The third-order valence-corrected chi connectivity index (χ3v) is 5.50. The minimum atomic E-state index is -1.09. The first-order chi connectivity index (χ1) is 13.0. The second-order valence-electron chi connectivity index (χ2n) is 7.45. The number of carboxylic acids is 1. The van der Waals surface area contributed by atoms with E-state index in [1.807, 2.05) is 0 Å². The van der Waals surface area contributed by atoms with E-state index in [0.717, 1.165) is 25.4 Å². The fourth-order valence-corrected chi connectivity index (χ4v) is 3.78. The molecule has 0 spiro atoms. The van der Waals surface area contributed by atoms with E-state index in [0.29, 0.717) is 12.2 Å². The van der Waals surface area contributed by atoms with Crippen LogP contribution in [0, 0.1) is 11.3 Å². The van der Waals surface area contributed by atoms with Crippen molar-refractivity contribution in [1.82, 2.24) is 4.90 Å². The lowest BCUT2D eigenvalue weighted by atomic mass is 9.69. The Morgan fingerprint density at radius 2 is 1.85 bits per heavy atom. The molecule has 1 aliphatic carbocycles. The maximum Gasteiger partial charge on any atom is 0.311 e. The van der Waals surface area contributed by atoms with Crippen LogP contribution in [0.1, 0.15) is 36.5 Å². The first kappa shape index (κ1) is 19.4. The minimum Gasteiger partial charge on any atom is -0.492 e. The Bertz CT molecular complexity index is 731. The van der Waals surface area contributed by atoms with Gasteiger partial charge < -0.3 is 9.84 Å². The van der Waals surface area contributed by atoms with Crippen LogP contribution in [-0.2, 0) is 4.79 Å². The van der Waals surface area contributed by atoms with Gasteiger partial charge >= 0.3 is 5.97 Å². The largest absolute Gasteiger partial charge is 0.492 e. The SMILES string of the molecule is CC1(C(=O)c2ccc(OCCN3CCCCC3)cc2)C=CC=CC1C(=O)O. The van der Waals surface area contributed by atoms with E-state index < -0.39 is 17.3 Å². The minimum absolute atomic E-state index is 0.199. The number of ketones is 1. The van der Waals surface area contributed by atoms with Crippen LogP contribution in [0.2, 0.25) is 0 Å². The quantitative estimate of drug-likeness (QED) is 0.744. The summed E-state index contributed by atoms with van der Waals surface area (Å²) in [4.78, 5) is 26.9. The molecule has 2 aliphatic rings. The van der Waals surface area contributed by atoms with Gasteiger partial charge in [-0.05, 0) is 57.1 Å². The highest BCUT2D eigenvalue weighted by Gasteiger charge is 2.43. The van der Waals surface area contributed by atoms with Crippen molar-refractivity contribution in [2.75, 3.05) is 26.2 Å².